The first-order valence-electron chi connectivity index (χ1n) is 7.18. The van der Waals surface area contributed by atoms with Crippen LogP contribution >= 0.6 is 0 Å². The Kier molecular flexibility index (Phi) is 3.97. The maximum atomic E-state index is 11.3. The molecule has 0 unspecified atom stereocenters. The van der Waals surface area contributed by atoms with Gasteiger partial charge in [-0.05, 0) is 24.7 Å². The molecule has 4 atom stereocenters. The van der Waals surface area contributed by atoms with Crippen LogP contribution in [-0.4, -0.2) is 58.5 Å². The number of fused-ring (bicyclic) bond motifs is 1. The van der Waals surface area contributed by atoms with Gasteiger partial charge in [-0.2, -0.15) is 0 Å². The van der Waals surface area contributed by atoms with Crippen molar-refractivity contribution in [1.29, 1.82) is 0 Å². The number of hydrogen-bond acceptors (Lipinski definition) is 7. The van der Waals surface area contributed by atoms with E-state index in [4.69, 9.17) is 4.42 Å². The van der Waals surface area contributed by atoms with Crippen LogP contribution < -0.4 is 0 Å². The van der Waals surface area contributed by atoms with Gasteiger partial charge in [-0.3, -0.25) is 4.90 Å². The molecular weight excluding hydrogens is 276 g/mol. The second kappa shape index (κ2) is 5.75. The molecule has 0 aromatic carbocycles. The van der Waals surface area contributed by atoms with Crippen LogP contribution in [0.4, 0.5) is 0 Å². The Labute approximate surface area is 122 Å². The van der Waals surface area contributed by atoms with Crippen molar-refractivity contribution in [3.05, 3.63) is 17.8 Å². The van der Waals surface area contributed by atoms with Crippen molar-refractivity contribution < 1.29 is 24.2 Å². The van der Waals surface area contributed by atoms with E-state index in [9.17, 15) is 15.0 Å². The zero-order valence-corrected chi connectivity index (χ0v) is 11.9. The second-order valence-electron chi connectivity index (χ2n) is 5.94. The van der Waals surface area contributed by atoms with Crippen LogP contribution in [0.5, 0.6) is 0 Å². The molecule has 7 nitrogen and oxygen atoms in total. The average Bonchev–Trinajstić information content (AvgIpc) is 3.05. The molecule has 21 heavy (non-hydrogen) atoms. The number of aliphatic hydroxyl groups is 2. The Hall–Kier alpha value is -1.44. The van der Waals surface area contributed by atoms with E-state index in [0.29, 0.717) is 37.1 Å². The van der Waals surface area contributed by atoms with E-state index in [1.54, 1.807) is 0 Å². The summed E-state index contributed by atoms with van der Waals surface area (Å²) in [6, 6.07) is 0. The normalized spacial score (nSPS) is 32.9. The second-order valence-corrected chi connectivity index (χ2v) is 5.94. The quantitative estimate of drug-likeness (QED) is 0.759. The molecule has 2 fully saturated rings. The van der Waals surface area contributed by atoms with E-state index in [-0.39, 0.29) is 5.69 Å². The van der Waals surface area contributed by atoms with E-state index in [2.05, 4.69) is 14.6 Å². The van der Waals surface area contributed by atoms with Gasteiger partial charge in [0.1, 0.15) is 6.26 Å². The molecule has 1 saturated carbocycles. The lowest BCUT2D eigenvalue weighted by Crippen LogP contribution is -2.38. The molecule has 0 radical (unpaired) electrons. The van der Waals surface area contributed by atoms with Crippen molar-refractivity contribution in [1.82, 2.24) is 9.88 Å². The van der Waals surface area contributed by atoms with Crippen LogP contribution in [0.25, 0.3) is 0 Å². The third kappa shape index (κ3) is 2.95. The molecule has 116 valence electrons. The Bertz CT molecular complexity index is 499. The molecule has 3 rings (SSSR count). The molecule has 0 spiro atoms. The van der Waals surface area contributed by atoms with Crippen molar-refractivity contribution in [2.45, 2.75) is 31.6 Å². The number of rotatable bonds is 3. The molecule has 0 bridgehead atoms. The van der Waals surface area contributed by atoms with Crippen LogP contribution in [0.15, 0.2) is 10.7 Å². The highest BCUT2D eigenvalue weighted by Gasteiger charge is 2.41. The van der Waals surface area contributed by atoms with Crippen LogP contribution in [0.2, 0.25) is 0 Å². The highest BCUT2D eigenvalue weighted by atomic mass is 16.5. The number of ether oxygens (including phenoxy) is 1. The summed E-state index contributed by atoms with van der Waals surface area (Å²) in [6.07, 6.45) is 1.36. The predicted octanol–water partition coefficient (Wildman–Crippen LogP) is 0.0248. The third-order valence-corrected chi connectivity index (χ3v) is 4.49. The van der Waals surface area contributed by atoms with Crippen LogP contribution in [-0.2, 0) is 11.3 Å². The van der Waals surface area contributed by atoms with E-state index in [1.807, 2.05) is 0 Å². The third-order valence-electron chi connectivity index (χ3n) is 4.49. The standard InChI is InChI=1S/C14H20N2O5/c1-20-14(19)10-7-21-13(15-10)6-16-4-8-2-11(17)12(18)3-9(8)5-16/h7-9,11-12,17-18H,2-6H2,1H3/t8-,9+,11-,12-/m0/s1. The van der Waals surface area contributed by atoms with Gasteiger partial charge >= 0.3 is 5.97 Å². The Morgan fingerprint density at radius 3 is 2.57 bits per heavy atom. The minimum atomic E-state index is -0.612. The van der Waals surface area contributed by atoms with Gasteiger partial charge in [0.2, 0.25) is 5.89 Å². The number of carbonyl (C=O) groups excluding carboxylic acids is 1. The highest BCUT2D eigenvalue weighted by molar-refractivity contribution is 5.86. The number of likely N-dealkylation sites (tertiary alicyclic amines) is 1. The summed E-state index contributed by atoms with van der Waals surface area (Å²) in [6.45, 7) is 2.23. The molecule has 1 aromatic heterocycles. The number of carbonyl (C=O) groups is 1. The van der Waals surface area contributed by atoms with Crippen molar-refractivity contribution in [3.63, 3.8) is 0 Å². The molecule has 1 aromatic rings. The van der Waals surface area contributed by atoms with Crippen molar-refractivity contribution >= 4 is 5.97 Å². The van der Waals surface area contributed by atoms with E-state index >= 15 is 0 Å². The summed E-state index contributed by atoms with van der Waals surface area (Å²) in [5.74, 6) is 0.776. The van der Waals surface area contributed by atoms with Gasteiger partial charge in [0.25, 0.3) is 0 Å². The number of esters is 1. The first-order valence-corrected chi connectivity index (χ1v) is 7.18. The Morgan fingerprint density at radius 2 is 2.00 bits per heavy atom. The minimum absolute atomic E-state index is 0.176. The van der Waals surface area contributed by atoms with Crippen LogP contribution in [0.3, 0.4) is 0 Å². The lowest BCUT2D eigenvalue weighted by atomic mass is 9.79. The smallest absolute Gasteiger partial charge is 0.360 e. The first-order chi connectivity index (χ1) is 10.1. The SMILES string of the molecule is COC(=O)c1coc(CN2C[C@H]3C[C@H](O)[C@@H](O)C[C@H]3C2)n1. The summed E-state index contributed by atoms with van der Waals surface area (Å²) < 4.78 is 9.88. The number of hydrogen-bond donors (Lipinski definition) is 2. The van der Waals surface area contributed by atoms with Crippen molar-refractivity contribution in [3.8, 4) is 0 Å². The average molecular weight is 296 g/mol. The number of aliphatic hydroxyl groups excluding tert-OH is 2. The molecule has 1 aliphatic heterocycles. The summed E-state index contributed by atoms with van der Waals surface area (Å²) >= 11 is 0. The summed E-state index contributed by atoms with van der Waals surface area (Å²) in [5.41, 5.74) is 0.176. The van der Waals surface area contributed by atoms with Gasteiger partial charge in [0, 0.05) is 13.1 Å². The Balaban J connectivity index is 1.60. The zero-order valence-electron chi connectivity index (χ0n) is 11.9. The fraction of sp³-hybridized carbons (Fsp3) is 0.714. The van der Waals surface area contributed by atoms with E-state index in [1.165, 1.54) is 13.4 Å². The molecule has 2 aliphatic rings. The molecule has 2 N–H and O–H groups in total. The summed E-state index contributed by atoms with van der Waals surface area (Å²) in [7, 11) is 1.30. The molecule has 0 amide bonds. The Morgan fingerprint density at radius 1 is 1.38 bits per heavy atom. The van der Waals surface area contributed by atoms with Crippen molar-refractivity contribution in [2.24, 2.45) is 11.8 Å². The van der Waals surface area contributed by atoms with E-state index < -0.39 is 18.2 Å². The fourth-order valence-corrected chi connectivity index (χ4v) is 3.41. The van der Waals surface area contributed by atoms with Gasteiger partial charge in [-0.15, -0.1) is 0 Å². The molecule has 1 saturated heterocycles. The number of aromatic nitrogens is 1. The van der Waals surface area contributed by atoms with Gasteiger partial charge in [-0.25, -0.2) is 9.78 Å². The van der Waals surface area contributed by atoms with E-state index in [0.717, 1.165) is 13.1 Å². The topological polar surface area (TPSA) is 96.0 Å². The molecule has 7 heteroatoms. The maximum absolute atomic E-state index is 11.3. The first kappa shape index (κ1) is 14.5. The number of methoxy groups -OCH3 is 1. The lowest BCUT2D eigenvalue weighted by Gasteiger charge is -2.32. The predicted molar refractivity (Wildman–Crippen MR) is 71.3 cm³/mol. The van der Waals surface area contributed by atoms with Gasteiger partial charge in [0.05, 0.1) is 25.9 Å². The lowest BCUT2D eigenvalue weighted by molar-refractivity contribution is -0.0372. The molecular formula is C14H20N2O5. The summed E-state index contributed by atoms with van der Waals surface area (Å²) in [4.78, 5) is 17.6. The van der Waals surface area contributed by atoms with Crippen LogP contribution in [0, 0.1) is 11.8 Å². The number of oxazole rings is 1. The monoisotopic (exact) mass is 296 g/mol. The van der Waals surface area contributed by atoms with Gasteiger partial charge in [-0.1, -0.05) is 0 Å². The van der Waals surface area contributed by atoms with Crippen LogP contribution in [0.1, 0.15) is 29.2 Å². The maximum Gasteiger partial charge on any atom is 0.360 e. The zero-order chi connectivity index (χ0) is 15.0. The largest absolute Gasteiger partial charge is 0.464 e. The highest BCUT2D eigenvalue weighted by Crippen LogP contribution is 2.36. The van der Waals surface area contributed by atoms with Gasteiger partial charge in [0.15, 0.2) is 5.69 Å². The fourth-order valence-electron chi connectivity index (χ4n) is 3.41. The minimum Gasteiger partial charge on any atom is -0.464 e. The molecule has 1 aliphatic carbocycles. The summed E-state index contributed by atoms with van der Waals surface area (Å²) in [5, 5.41) is 19.5. The molecule has 2 heterocycles. The van der Waals surface area contributed by atoms with Gasteiger partial charge < -0.3 is 19.4 Å². The van der Waals surface area contributed by atoms with Crippen molar-refractivity contribution in [2.75, 3.05) is 20.2 Å². The number of nitrogens with zero attached hydrogens (tertiary/aromatic N) is 2.